The maximum Gasteiger partial charge on any atom is 0.257 e. The van der Waals surface area contributed by atoms with Gasteiger partial charge in [0.2, 0.25) is 0 Å². The van der Waals surface area contributed by atoms with Crippen LogP contribution >= 0.6 is 0 Å². The molecule has 2 aromatic heterocycles. The van der Waals surface area contributed by atoms with Crippen molar-refractivity contribution in [2.24, 2.45) is 0 Å². The average Bonchev–Trinajstić information content (AvgIpc) is 3.25. The number of hydrogen-bond acceptors (Lipinski definition) is 5. The van der Waals surface area contributed by atoms with Crippen LogP contribution in [-0.2, 0) is 6.54 Å². The third-order valence-corrected chi connectivity index (χ3v) is 3.80. The number of aryl methyl sites for hydroxylation is 1. The van der Waals surface area contributed by atoms with E-state index in [-0.39, 0.29) is 12.5 Å². The predicted molar refractivity (Wildman–Crippen MR) is 91.9 cm³/mol. The Hall–Kier alpha value is -3.41. The number of fused-ring (bicyclic) bond motifs is 1. The molecule has 6 nitrogen and oxygen atoms in total. The smallest absolute Gasteiger partial charge is 0.257 e. The maximum absolute atomic E-state index is 12.3. The molecule has 124 valence electrons. The van der Waals surface area contributed by atoms with E-state index >= 15 is 0 Å². The summed E-state index contributed by atoms with van der Waals surface area (Å²) >= 11 is 0. The molecular weight excluding hydrogens is 318 g/mol. The number of carbonyl (C=O) groups excluding carboxylic acids is 1. The summed E-state index contributed by atoms with van der Waals surface area (Å²) in [6, 6.07) is 16.7. The van der Waals surface area contributed by atoms with Crippen molar-refractivity contribution in [3.63, 3.8) is 0 Å². The molecule has 0 bridgehead atoms. The van der Waals surface area contributed by atoms with Crippen molar-refractivity contribution in [1.82, 2.24) is 15.5 Å². The monoisotopic (exact) mass is 333 g/mol. The van der Waals surface area contributed by atoms with Crippen LogP contribution in [0.3, 0.4) is 0 Å². The second kappa shape index (κ2) is 6.24. The maximum atomic E-state index is 12.3. The lowest BCUT2D eigenvalue weighted by atomic mass is 10.1. The van der Waals surface area contributed by atoms with Crippen molar-refractivity contribution in [2.75, 3.05) is 0 Å². The largest absolute Gasteiger partial charge is 0.461 e. The van der Waals surface area contributed by atoms with E-state index in [1.54, 1.807) is 18.2 Å². The molecule has 0 saturated carbocycles. The molecule has 0 aliphatic rings. The first kappa shape index (κ1) is 15.1. The van der Waals surface area contributed by atoms with Crippen LogP contribution in [0.5, 0.6) is 0 Å². The van der Waals surface area contributed by atoms with E-state index in [1.165, 1.54) is 0 Å². The number of aromatic nitrogens is 2. The van der Waals surface area contributed by atoms with Gasteiger partial charge in [-0.3, -0.25) is 4.79 Å². The van der Waals surface area contributed by atoms with E-state index < -0.39 is 0 Å². The predicted octanol–water partition coefficient (Wildman–Crippen LogP) is 3.72. The Bertz CT molecular complexity index is 1030. The molecule has 0 aliphatic carbocycles. The molecule has 1 amide bonds. The molecule has 4 aromatic rings. The second-order valence-electron chi connectivity index (χ2n) is 5.67. The summed E-state index contributed by atoms with van der Waals surface area (Å²) in [7, 11) is 0. The van der Waals surface area contributed by atoms with Gasteiger partial charge in [0.25, 0.3) is 11.8 Å². The molecule has 0 radical (unpaired) electrons. The van der Waals surface area contributed by atoms with Crippen molar-refractivity contribution in [1.29, 1.82) is 0 Å². The standard InChI is InChI=1S/C19H15N3O3/c1-12-9-15-10-14(7-8-16(15)24-12)18(23)20-11-17-21-19(25-22-17)13-5-3-2-4-6-13/h2-10H,11H2,1H3,(H,20,23). The van der Waals surface area contributed by atoms with Gasteiger partial charge < -0.3 is 14.3 Å². The molecule has 25 heavy (non-hydrogen) atoms. The van der Waals surface area contributed by atoms with Gasteiger partial charge in [-0.05, 0) is 43.3 Å². The number of nitrogens with zero attached hydrogens (tertiary/aromatic N) is 2. The molecule has 2 heterocycles. The van der Waals surface area contributed by atoms with Crippen LogP contribution in [-0.4, -0.2) is 16.0 Å². The topological polar surface area (TPSA) is 81.2 Å². The molecule has 0 fully saturated rings. The van der Waals surface area contributed by atoms with Gasteiger partial charge >= 0.3 is 0 Å². The number of amides is 1. The number of nitrogens with one attached hydrogen (secondary N) is 1. The average molecular weight is 333 g/mol. The molecule has 0 atom stereocenters. The number of hydrogen-bond donors (Lipinski definition) is 1. The molecule has 0 spiro atoms. The first-order valence-electron chi connectivity index (χ1n) is 7.85. The van der Waals surface area contributed by atoms with Gasteiger partial charge in [-0.2, -0.15) is 4.98 Å². The minimum atomic E-state index is -0.202. The summed E-state index contributed by atoms with van der Waals surface area (Å²) in [4.78, 5) is 16.6. The summed E-state index contributed by atoms with van der Waals surface area (Å²) in [6.07, 6.45) is 0. The molecule has 0 unspecified atom stereocenters. The van der Waals surface area contributed by atoms with Crippen LogP contribution in [0.25, 0.3) is 22.4 Å². The Balaban J connectivity index is 1.45. The lowest BCUT2D eigenvalue weighted by molar-refractivity contribution is 0.0950. The summed E-state index contributed by atoms with van der Waals surface area (Å²) in [6.45, 7) is 2.07. The van der Waals surface area contributed by atoms with E-state index in [9.17, 15) is 4.79 Å². The Morgan fingerprint density at radius 1 is 1.12 bits per heavy atom. The second-order valence-corrected chi connectivity index (χ2v) is 5.67. The zero-order valence-electron chi connectivity index (χ0n) is 13.5. The SMILES string of the molecule is Cc1cc2cc(C(=O)NCc3noc(-c4ccccc4)n3)ccc2o1. The van der Waals surface area contributed by atoms with Crippen molar-refractivity contribution in [2.45, 2.75) is 13.5 Å². The number of rotatable bonds is 4. The fourth-order valence-corrected chi connectivity index (χ4v) is 2.60. The third kappa shape index (κ3) is 3.14. The Morgan fingerprint density at radius 3 is 2.80 bits per heavy atom. The van der Waals surface area contributed by atoms with Crippen molar-refractivity contribution >= 4 is 16.9 Å². The lowest BCUT2D eigenvalue weighted by Crippen LogP contribution is -2.23. The van der Waals surface area contributed by atoms with Gasteiger partial charge in [-0.15, -0.1) is 0 Å². The molecule has 2 aromatic carbocycles. The Morgan fingerprint density at radius 2 is 1.96 bits per heavy atom. The highest BCUT2D eigenvalue weighted by atomic mass is 16.5. The van der Waals surface area contributed by atoms with Crippen LogP contribution in [0.1, 0.15) is 21.9 Å². The van der Waals surface area contributed by atoms with Gasteiger partial charge in [-0.1, -0.05) is 23.4 Å². The summed E-state index contributed by atoms with van der Waals surface area (Å²) < 4.78 is 10.7. The van der Waals surface area contributed by atoms with Crippen LogP contribution in [0.2, 0.25) is 0 Å². The zero-order valence-corrected chi connectivity index (χ0v) is 13.5. The van der Waals surface area contributed by atoms with Crippen LogP contribution in [0.4, 0.5) is 0 Å². The van der Waals surface area contributed by atoms with Crippen molar-refractivity contribution in [3.8, 4) is 11.5 Å². The van der Waals surface area contributed by atoms with E-state index in [2.05, 4.69) is 15.5 Å². The molecule has 0 saturated heterocycles. The first-order valence-corrected chi connectivity index (χ1v) is 7.85. The van der Waals surface area contributed by atoms with E-state index in [1.807, 2.05) is 43.3 Å². The summed E-state index contributed by atoms with van der Waals surface area (Å²) in [5.74, 6) is 1.46. The highest BCUT2D eigenvalue weighted by Crippen LogP contribution is 2.20. The van der Waals surface area contributed by atoms with Crippen LogP contribution in [0, 0.1) is 6.92 Å². The first-order chi connectivity index (χ1) is 12.2. The highest BCUT2D eigenvalue weighted by molar-refractivity contribution is 5.97. The number of benzene rings is 2. The van der Waals surface area contributed by atoms with Gasteiger partial charge in [0, 0.05) is 16.5 Å². The Labute approximate surface area is 143 Å². The summed E-state index contributed by atoms with van der Waals surface area (Å²) in [5, 5.41) is 7.59. The highest BCUT2D eigenvalue weighted by Gasteiger charge is 2.12. The molecule has 0 aliphatic heterocycles. The number of carbonyl (C=O) groups is 1. The molecule has 1 N–H and O–H groups in total. The zero-order chi connectivity index (χ0) is 17.2. The molecule has 6 heteroatoms. The van der Waals surface area contributed by atoms with Crippen molar-refractivity contribution in [3.05, 3.63) is 71.7 Å². The minimum absolute atomic E-state index is 0.192. The normalized spacial score (nSPS) is 10.9. The third-order valence-electron chi connectivity index (χ3n) is 3.80. The summed E-state index contributed by atoms with van der Waals surface area (Å²) in [5.41, 5.74) is 2.16. The number of furan rings is 1. The van der Waals surface area contributed by atoms with Crippen molar-refractivity contribution < 1.29 is 13.7 Å². The van der Waals surface area contributed by atoms with E-state index in [0.717, 1.165) is 22.3 Å². The lowest BCUT2D eigenvalue weighted by Gasteiger charge is -2.02. The molecule has 4 rings (SSSR count). The fraction of sp³-hybridized carbons (Fsp3) is 0.105. The van der Waals surface area contributed by atoms with E-state index in [0.29, 0.717) is 17.3 Å². The van der Waals surface area contributed by atoms with Gasteiger partial charge in [-0.25, -0.2) is 0 Å². The van der Waals surface area contributed by atoms with E-state index in [4.69, 9.17) is 8.94 Å². The fourth-order valence-electron chi connectivity index (χ4n) is 2.60. The van der Waals surface area contributed by atoms with Crippen LogP contribution < -0.4 is 5.32 Å². The quantitative estimate of drug-likeness (QED) is 0.615. The van der Waals surface area contributed by atoms with Gasteiger partial charge in [0.05, 0.1) is 6.54 Å². The Kier molecular flexibility index (Phi) is 3.78. The van der Waals surface area contributed by atoms with Crippen LogP contribution in [0.15, 0.2) is 63.5 Å². The van der Waals surface area contributed by atoms with Gasteiger partial charge in [0.15, 0.2) is 5.82 Å². The molecular formula is C19H15N3O3. The minimum Gasteiger partial charge on any atom is -0.461 e. The van der Waals surface area contributed by atoms with Gasteiger partial charge in [0.1, 0.15) is 11.3 Å².